The minimum absolute atomic E-state index is 0.0289. The van der Waals surface area contributed by atoms with E-state index < -0.39 is 6.43 Å². The number of hydrogen-bond acceptors (Lipinski definition) is 2. The van der Waals surface area contributed by atoms with Gasteiger partial charge in [0.25, 0.3) is 6.43 Å². The van der Waals surface area contributed by atoms with Crippen LogP contribution in [0.3, 0.4) is 0 Å². The number of anilines is 1. The van der Waals surface area contributed by atoms with Crippen molar-refractivity contribution < 1.29 is 13.5 Å². The van der Waals surface area contributed by atoms with Gasteiger partial charge in [0.2, 0.25) is 0 Å². The molecule has 0 fully saturated rings. The van der Waals surface area contributed by atoms with Crippen LogP contribution in [0, 0.1) is 0 Å². The maximum absolute atomic E-state index is 12.4. The van der Waals surface area contributed by atoms with Crippen LogP contribution in [-0.2, 0) is 6.54 Å². The largest absolute Gasteiger partial charge is 0.495 e. The molecule has 0 saturated heterocycles. The standard InChI is InChI=1S/C15H14ClF2NO/c1-20-14-7-6-12(8-13(14)16)19-9-10-2-4-11(5-3-10)15(17)18/h2-8,15,19H,9H2,1H3. The summed E-state index contributed by atoms with van der Waals surface area (Å²) in [4.78, 5) is 0. The Morgan fingerprint density at radius 2 is 1.85 bits per heavy atom. The maximum Gasteiger partial charge on any atom is 0.263 e. The zero-order chi connectivity index (χ0) is 14.5. The molecule has 0 aliphatic heterocycles. The molecule has 0 spiro atoms. The Labute approximate surface area is 121 Å². The molecule has 2 nitrogen and oxygen atoms in total. The number of alkyl halides is 2. The van der Waals surface area contributed by atoms with Crippen molar-refractivity contribution in [2.75, 3.05) is 12.4 Å². The van der Waals surface area contributed by atoms with E-state index in [2.05, 4.69) is 5.32 Å². The fraction of sp³-hybridized carbons (Fsp3) is 0.200. The summed E-state index contributed by atoms with van der Waals surface area (Å²) >= 11 is 6.02. The van der Waals surface area contributed by atoms with Crippen molar-refractivity contribution in [2.45, 2.75) is 13.0 Å². The zero-order valence-corrected chi connectivity index (χ0v) is 11.6. The van der Waals surface area contributed by atoms with E-state index in [-0.39, 0.29) is 5.56 Å². The summed E-state index contributed by atoms with van der Waals surface area (Å²) in [5.74, 6) is 0.610. The van der Waals surface area contributed by atoms with Gasteiger partial charge >= 0.3 is 0 Å². The molecule has 1 N–H and O–H groups in total. The number of methoxy groups -OCH3 is 1. The van der Waals surface area contributed by atoms with E-state index in [1.807, 2.05) is 6.07 Å². The van der Waals surface area contributed by atoms with Crippen molar-refractivity contribution in [2.24, 2.45) is 0 Å². The fourth-order valence-corrected chi connectivity index (χ4v) is 2.02. The number of ether oxygens (including phenoxy) is 1. The van der Waals surface area contributed by atoms with Gasteiger partial charge in [-0.05, 0) is 23.8 Å². The van der Waals surface area contributed by atoms with Crippen LogP contribution in [0.25, 0.3) is 0 Å². The van der Waals surface area contributed by atoms with Crippen molar-refractivity contribution in [1.82, 2.24) is 0 Å². The summed E-state index contributed by atoms with van der Waals surface area (Å²) in [7, 11) is 1.55. The summed E-state index contributed by atoms with van der Waals surface area (Å²) in [6.07, 6.45) is -2.43. The van der Waals surface area contributed by atoms with Crippen molar-refractivity contribution in [1.29, 1.82) is 0 Å². The lowest BCUT2D eigenvalue weighted by Crippen LogP contribution is -1.99. The number of hydrogen-bond donors (Lipinski definition) is 1. The van der Waals surface area contributed by atoms with Crippen LogP contribution >= 0.6 is 11.6 Å². The molecule has 0 aliphatic carbocycles. The maximum atomic E-state index is 12.4. The molecule has 106 valence electrons. The molecule has 0 amide bonds. The first-order valence-corrected chi connectivity index (χ1v) is 6.42. The monoisotopic (exact) mass is 297 g/mol. The second-order valence-electron chi connectivity index (χ2n) is 4.25. The van der Waals surface area contributed by atoms with Crippen LogP contribution < -0.4 is 10.1 Å². The third-order valence-corrected chi connectivity index (χ3v) is 3.18. The molecule has 0 atom stereocenters. The second kappa shape index (κ2) is 6.57. The van der Waals surface area contributed by atoms with E-state index in [0.29, 0.717) is 17.3 Å². The van der Waals surface area contributed by atoms with Gasteiger partial charge in [-0.15, -0.1) is 0 Å². The topological polar surface area (TPSA) is 21.3 Å². The average Bonchev–Trinajstić information content (AvgIpc) is 2.45. The van der Waals surface area contributed by atoms with Crippen LogP contribution in [-0.4, -0.2) is 7.11 Å². The molecular formula is C15H14ClF2NO. The highest BCUT2D eigenvalue weighted by molar-refractivity contribution is 6.32. The second-order valence-corrected chi connectivity index (χ2v) is 4.65. The van der Waals surface area contributed by atoms with E-state index in [0.717, 1.165) is 11.3 Å². The van der Waals surface area contributed by atoms with Crippen molar-refractivity contribution in [3.8, 4) is 5.75 Å². The molecule has 5 heteroatoms. The Kier molecular flexibility index (Phi) is 4.79. The molecule has 0 unspecified atom stereocenters. The molecular weight excluding hydrogens is 284 g/mol. The van der Waals surface area contributed by atoms with Gasteiger partial charge in [0.1, 0.15) is 5.75 Å². The predicted molar refractivity (Wildman–Crippen MR) is 76.7 cm³/mol. The Morgan fingerprint density at radius 1 is 1.15 bits per heavy atom. The molecule has 0 bridgehead atoms. The lowest BCUT2D eigenvalue weighted by molar-refractivity contribution is 0.151. The Balaban J connectivity index is 1.99. The van der Waals surface area contributed by atoms with Gasteiger partial charge in [0, 0.05) is 17.8 Å². The molecule has 2 rings (SSSR count). The van der Waals surface area contributed by atoms with E-state index in [9.17, 15) is 8.78 Å². The highest BCUT2D eigenvalue weighted by atomic mass is 35.5. The minimum atomic E-state index is -2.43. The molecule has 0 radical (unpaired) electrons. The van der Waals surface area contributed by atoms with Gasteiger partial charge in [-0.3, -0.25) is 0 Å². The van der Waals surface area contributed by atoms with E-state index >= 15 is 0 Å². The first-order chi connectivity index (χ1) is 9.60. The molecule has 0 aliphatic rings. The zero-order valence-electron chi connectivity index (χ0n) is 10.9. The van der Waals surface area contributed by atoms with Crippen LogP contribution in [0.15, 0.2) is 42.5 Å². The highest BCUT2D eigenvalue weighted by Gasteiger charge is 2.06. The highest BCUT2D eigenvalue weighted by Crippen LogP contribution is 2.27. The molecule has 2 aromatic rings. The first-order valence-electron chi connectivity index (χ1n) is 6.04. The number of halogens is 3. The SMILES string of the molecule is COc1ccc(NCc2ccc(C(F)F)cc2)cc1Cl. The molecule has 0 heterocycles. The van der Waals surface area contributed by atoms with Crippen molar-refractivity contribution >= 4 is 17.3 Å². The van der Waals surface area contributed by atoms with Crippen LogP contribution in [0.2, 0.25) is 5.02 Å². The van der Waals surface area contributed by atoms with Crippen LogP contribution in [0.1, 0.15) is 17.6 Å². The van der Waals surface area contributed by atoms with Gasteiger partial charge < -0.3 is 10.1 Å². The van der Waals surface area contributed by atoms with Crippen molar-refractivity contribution in [3.05, 3.63) is 58.6 Å². The molecule has 2 aromatic carbocycles. The normalized spacial score (nSPS) is 10.7. The summed E-state index contributed by atoms with van der Waals surface area (Å²) in [6.45, 7) is 0.534. The van der Waals surface area contributed by atoms with Crippen molar-refractivity contribution in [3.63, 3.8) is 0 Å². The van der Waals surface area contributed by atoms with Gasteiger partial charge in [-0.2, -0.15) is 0 Å². The summed E-state index contributed by atoms with van der Waals surface area (Å²) in [6, 6.07) is 11.6. The third kappa shape index (κ3) is 3.61. The lowest BCUT2D eigenvalue weighted by atomic mass is 10.1. The summed E-state index contributed by atoms with van der Waals surface area (Å²) in [5.41, 5.74) is 1.79. The van der Waals surface area contributed by atoms with Gasteiger partial charge in [-0.25, -0.2) is 8.78 Å². The van der Waals surface area contributed by atoms with Gasteiger partial charge in [0.05, 0.1) is 12.1 Å². The summed E-state index contributed by atoms with van der Waals surface area (Å²) in [5, 5.41) is 3.69. The molecule has 0 aromatic heterocycles. The lowest BCUT2D eigenvalue weighted by Gasteiger charge is -2.09. The molecule has 20 heavy (non-hydrogen) atoms. The van der Waals surface area contributed by atoms with E-state index in [1.54, 1.807) is 31.4 Å². The van der Waals surface area contributed by atoms with Gasteiger partial charge in [-0.1, -0.05) is 35.9 Å². The first kappa shape index (κ1) is 14.6. The Bertz CT molecular complexity index is 573. The number of benzene rings is 2. The van der Waals surface area contributed by atoms with Crippen LogP contribution in [0.4, 0.5) is 14.5 Å². The number of rotatable bonds is 5. The third-order valence-electron chi connectivity index (χ3n) is 2.88. The Hall–Kier alpha value is -1.81. The Morgan fingerprint density at radius 3 is 2.40 bits per heavy atom. The number of nitrogens with one attached hydrogen (secondary N) is 1. The van der Waals surface area contributed by atoms with E-state index in [1.165, 1.54) is 12.1 Å². The summed E-state index contributed by atoms with van der Waals surface area (Å²) < 4.78 is 29.9. The smallest absolute Gasteiger partial charge is 0.263 e. The molecule has 0 saturated carbocycles. The van der Waals surface area contributed by atoms with E-state index in [4.69, 9.17) is 16.3 Å². The fourth-order valence-electron chi connectivity index (χ4n) is 1.76. The van der Waals surface area contributed by atoms with Gasteiger partial charge in [0.15, 0.2) is 0 Å². The minimum Gasteiger partial charge on any atom is -0.495 e. The van der Waals surface area contributed by atoms with Crippen LogP contribution in [0.5, 0.6) is 5.75 Å². The quantitative estimate of drug-likeness (QED) is 0.847. The average molecular weight is 298 g/mol. The predicted octanol–water partition coefficient (Wildman–Crippen LogP) is 4.90.